The van der Waals surface area contributed by atoms with Gasteiger partial charge in [0.25, 0.3) is 0 Å². The second kappa shape index (κ2) is 4.92. The molecule has 0 saturated heterocycles. The summed E-state index contributed by atoms with van der Waals surface area (Å²) in [6.45, 7) is 0. The molecule has 0 heterocycles. The minimum absolute atomic E-state index is 0.0811. The number of fused-ring (bicyclic) bond motifs is 1. The van der Waals surface area contributed by atoms with Crippen LogP contribution in [0.15, 0.2) is 42.5 Å². The lowest BCUT2D eigenvalue weighted by Crippen LogP contribution is -2.18. The molecular formula is C15H15NO2. The predicted molar refractivity (Wildman–Crippen MR) is 73.3 cm³/mol. The molecule has 0 saturated carbocycles. The fourth-order valence-electron chi connectivity index (χ4n) is 1.80. The van der Waals surface area contributed by atoms with Gasteiger partial charge in [-0.25, -0.2) is 0 Å². The largest absolute Gasteiger partial charge is 0.507 e. The topological polar surface area (TPSA) is 40.5 Å². The highest BCUT2D eigenvalue weighted by Crippen LogP contribution is 2.28. The first-order valence-electron chi connectivity index (χ1n) is 5.69. The highest BCUT2D eigenvalue weighted by Gasteiger charge is 2.04. The Morgan fingerprint density at radius 1 is 1.17 bits per heavy atom. The molecule has 1 amide bonds. The minimum Gasteiger partial charge on any atom is -0.507 e. The monoisotopic (exact) mass is 241 g/mol. The number of nitrogens with zero attached hydrogens (tertiary/aromatic N) is 1. The molecule has 0 aliphatic carbocycles. The van der Waals surface area contributed by atoms with E-state index in [0.29, 0.717) is 0 Å². The molecule has 0 fully saturated rings. The molecule has 3 nitrogen and oxygen atoms in total. The van der Waals surface area contributed by atoms with Crippen molar-refractivity contribution < 1.29 is 9.90 Å². The van der Waals surface area contributed by atoms with Gasteiger partial charge in [0, 0.05) is 25.6 Å². The molecule has 0 spiro atoms. The van der Waals surface area contributed by atoms with Gasteiger partial charge in [0.1, 0.15) is 5.75 Å². The summed E-state index contributed by atoms with van der Waals surface area (Å²) in [4.78, 5) is 13.0. The minimum atomic E-state index is -0.0811. The van der Waals surface area contributed by atoms with Gasteiger partial charge in [0.15, 0.2) is 0 Å². The lowest BCUT2D eigenvalue weighted by molar-refractivity contribution is -0.123. The van der Waals surface area contributed by atoms with E-state index < -0.39 is 0 Å². The Balaban J connectivity index is 2.49. The molecule has 2 rings (SSSR count). The lowest BCUT2D eigenvalue weighted by atomic mass is 10.0. The van der Waals surface area contributed by atoms with Crippen LogP contribution in [0.1, 0.15) is 5.56 Å². The van der Waals surface area contributed by atoms with Gasteiger partial charge in [-0.2, -0.15) is 0 Å². The normalized spacial score (nSPS) is 11.0. The summed E-state index contributed by atoms with van der Waals surface area (Å²) < 4.78 is 0. The van der Waals surface area contributed by atoms with Gasteiger partial charge >= 0.3 is 0 Å². The van der Waals surface area contributed by atoms with Crippen LogP contribution < -0.4 is 0 Å². The van der Waals surface area contributed by atoms with Crippen LogP contribution in [-0.2, 0) is 4.79 Å². The summed E-state index contributed by atoms with van der Waals surface area (Å²) in [5.74, 6) is 0.146. The molecule has 18 heavy (non-hydrogen) atoms. The predicted octanol–water partition coefficient (Wildman–Crippen LogP) is 2.65. The zero-order valence-corrected chi connectivity index (χ0v) is 10.4. The maximum absolute atomic E-state index is 11.5. The molecule has 0 atom stereocenters. The average molecular weight is 241 g/mol. The first-order valence-corrected chi connectivity index (χ1v) is 5.69. The number of likely N-dealkylation sites (N-methyl/N-ethyl adjacent to an activating group) is 1. The van der Waals surface area contributed by atoms with E-state index in [4.69, 9.17) is 0 Å². The number of phenols is 1. The van der Waals surface area contributed by atoms with Crippen LogP contribution in [-0.4, -0.2) is 30.0 Å². The summed E-state index contributed by atoms with van der Waals surface area (Å²) in [5.41, 5.74) is 0.834. The highest BCUT2D eigenvalue weighted by molar-refractivity contribution is 5.99. The van der Waals surface area contributed by atoms with E-state index in [2.05, 4.69) is 0 Å². The van der Waals surface area contributed by atoms with E-state index in [1.54, 1.807) is 32.3 Å². The van der Waals surface area contributed by atoms with Crippen LogP contribution in [0.3, 0.4) is 0 Å². The Morgan fingerprint density at radius 2 is 1.83 bits per heavy atom. The van der Waals surface area contributed by atoms with Crippen LogP contribution in [0.4, 0.5) is 0 Å². The summed E-state index contributed by atoms with van der Waals surface area (Å²) in [6, 6.07) is 11.1. The van der Waals surface area contributed by atoms with Crippen LogP contribution in [0.25, 0.3) is 16.8 Å². The van der Waals surface area contributed by atoms with E-state index in [1.165, 1.54) is 11.0 Å². The van der Waals surface area contributed by atoms with Gasteiger partial charge in [-0.15, -0.1) is 0 Å². The zero-order chi connectivity index (χ0) is 13.1. The Hall–Kier alpha value is -2.29. The molecule has 0 aromatic heterocycles. The van der Waals surface area contributed by atoms with Gasteiger partial charge < -0.3 is 10.0 Å². The van der Waals surface area contributed by atoms with Crippen molar-refractivity contribution in [1.82, 2.24) is 4.90 Å². The molecule has 0 aliphatic heterocycles. The first-order chi connectivity index (χ1) is 8.59. The molecule has 0 radical (unpaired) electrons. The zero-order valence-electron chi connectivity index (χ0n) is 10.4. The van der Waals surface area contributed by atoms with Crippen molar-refractivity contribution in [2.24, 2.45) is 0 Å². The molecule has 2 aromatic rings. The van der Waals surface area contributed by atoms with Crippen molar-refractivity contribution >= 4 is 22.8 Å². The second-order valence-corrected chi connectivity index (χ2v) is 4.29. The lowest BCUT2D eigenvalue weighted by Gasteiger charge is -2.07. The quantitative estimate of drug-likeness (QED) is 0.821. The Bertz CT molecular complexity index is 610. The van der Waals surface area contributed by atoms with Gasteiger partial charge in [0.2, 0.25) is 5.91 Å². The third kappa shape index (κ3) is 2.35. The summed E-state index contributed by atoms with van der Waals surface area (Å²) in [5, 5.41) is 11.6. The highest BCUT2D eigenvalue weighted by atomic mass is 16.3. The van der Waals surface area contributed by atoms with E-state index in [0.717, 1.165) is 16.3 Å². The van der Waals surface area contributed by atoms with Crippen molar-refractivity contribution in [2.75, 3.05) is 14.1 Å². The van der Waals surface area contributed by atoms with Gasteiger partial charge in [-0.05, 0) is 23.1 Å². The number of benzene rings is 2. The van der Waals surface area contributed by atoms with E-state index in [1.807, 2.05) is 24.3 Å². The summed E-state index contributed by atoms with van der Waals surface area (Å²) in [6.07, 6.45) is 3.23. The summed E-state index contributed by atoms with van der Waals surface area (Å²) >= 11 is 0. The number of aromatic hydroxyl groups is 1. The standard InChI is InChI=1S/C15H15NO2/c1-16(2)14(18)10-9-12-6-3-5-11-7-4-8-13(17)15(11)12/h3-10,17H,1-2H3/b10-9-. The van der Waals surface area contributed by atoms with Crippen molar-refractivity contribution in [3.8, 4) is 5.75 Å². The SMILES string of the molecule is CN(C)C(=O)/C=C\c1cccc2cccc(O)c12. The number of amides is 1. The first kappa shape index (κ1) is 12.2. The Labute approximate surface area is 106 Å². The molecule has 2 aromatic carbocycles. The third-order valence-corrected chi connectivity index (χ3v) is 2.76. The van der Waals surface area contributed by atoms with Crippen molar-refractivity contribution in [3.63, 3.8) is 0 Å². The van der Waals surface area contributed by atoms with E-state index in [9.17, 15) is 9.90 Å². The van der Waals surface area contributed by atoms with Crippen molar-refractivity contribution in [3.05, 3.63) is 48.0 Å². The van der Waals surface area contributed by atoms with Gasteiger partial charge in [0.05, 0.1) is 0 Å². The number of rotatable bonds is 2. The Morgan fingerprint density at radius 3 is 2.50 bits per heavy atom. The molecule has 0 unspecified atom stereocenters. The molecule has 92 valence electrons. The van der Waals surface area contributed by atoms with Crippen LogP contribution >= 0.6 is 0 Å². The number of hydrogen-bond donors (Lipinski definition) is 1. The maximum Gasteiger partial charge on any atom is 0.246 e. The second-order valence-electron chi connectivity index (χ2n) is 4.29. The van der Waals surface area contributed by atoms with E-state index in [-0.39, 0.29) is 11.7 Å². The fraction of sp³-hybridized carbons (Fsp3) is 0.133. The van der Waals surface area contributed by atoms with Gasteiger partial charge in [-0.1, -0.05) is 30.3 Å². The summed E-state index contributed by atoms with van der Waals surface area (Å²) in [7, 11) is 3.40. The van der Waals surface area contributed by atoms with Crippen LogP contribution in [0.5, 0.6) is 5.75 Å². The number of hydrogen-bond acceptors (Lipinski definition) is 2. The molecular weight excluding hydrogens is 226 g/mol. The third-order valence-electron chi connectivity index (χ3n) is 2.76. The Kier molecular flexibility index (Phi) is 3.33. The number of carbonyl (C=O) groups is 1. The van der Waals surface area contributed by atoms with Gasteiger partial charge in [-0.3, -0.25) is 4.79 Å². The molecule has 0 aliphatic rings. The molecule has 1 N–H and O–H groups in total. The maximum atomic E-state index is 11.5. The van der Waals surface area contributed by atoms with Crippen LogP contribution in [0.2, 0.25) is 0 Å². The van der Waals surface area contributed by atoms with Crippen LogP contribution in [0, 0.1) is 0 Å². The molecule has 3 heteroatoms. The molecule has 0 bridgehead atoms. The number of carbonyl (C=O) groups excluding carboxylic acids is 1. The number of phenolic OH excluding ortho intramolecular Hbond substituents is 1. The van der Waals surface area contributed by atoms with Crippen molar-refractivity contribution in [2.45, 2.75) is 0 Å². The average Bonchev–Trinajstić information content (AvgIpc) is 2.36. The van der Waals surface area contributed by atoms with Crippen molar-refractivity contribution in [1.29, 1.82) is 0 Å². The van der Waals surface area contributed by atoms with E-state index >= 15 is 0 Å². The smallest absolute Gasteiger partial charge is 0.246 e. The fourth-order valence-corrected chi connectivity index (χ4v) is 1.80.